The summed E-state index contributed by atoms with van der Waals surface area (Å²) < 4.78 is 0. The van der Waals surface area contributed by atoms with Gasteiger partial charge in [0.2, 0.25) is 0 Å². The fourth-order valence-corrected chi connectivity index (χ4v) is 11.1. The van der Waals surface area contributed by atoms with E-state index >= 15 is 0 Å². The zero-order valence-electron chi connectivity index (χ0n) is 41.6. The maximum absolute atomic E-state index is 2.60. The lowest BCUT2D eigenvalue weighted by atomic mass is 9.33. The normalized spacial score (nSPS) is 13.2. The van der Waals surface area contributed by atoms with E-state index in [9.17, 15) is 0 Å². The highest BCUT2D eigenvalue weighted by Gasteiger charge is 2.45. The average molecular weight is 893 g/mol. The summed E-state index contributed by atoms with van der Waals surface area (Å²) >= 11 is 0. The van der Waals surface area contributed by atoms with Crippen molar-refractivity contribution in [3.63, 3.8) is 0 Å². The lowest BCUT2D eigenvalue weighted by Crippen LogP contribution is -2.61. The van der Waals surface area contributed by atoms with Gasteiger partial charge in [0, 0.05) is 34.0 Å². The summed E-state index contributed by atoms with van der Waals surface area (Å²) in [6, 6.07) is 77.6. The predicted molar refractivity (Wildman–Crippen MR) is 298 cm³/mol. The quantitative estimate of drug-likeness (QED) is 0.154. The first-order chi connectivity index (χ1) is 33.1. The molecule has 11 rings (SSSR count). The largest absolute Gasteiger partial charge is 0.311 e. The first kappa shape index (κ1) is 44.2. The Bertz CT molecular complexity index is 3380. The van der Waals surface area contributed by atoms with Crippen molar-refractivity contribution >= 4 is 57.2 Å². The minimum absolute atomic E-state index is 0.0401. The van der Waals surface area contributed by atoms with E-state index in [4.69, 9.17) is 0 Å². The van der Waals surface area contributed by atoms with Crippen molar-refractivity contribution in [2.75, 3.05) is 9.80 Å². The molecule has 0 spiro atoms. The minimum Gasteiger partial charge on any atom is -0.311 e. The Morgan fingerprint density at radius 1 is 0.304 bits per heavy atom. The van der Waals surface area contributed by atoms with Gasteiger partial charge in [-0.2, -0.15) is 0 Å². The van der Waals surface area contributed by atoms with E-state index < -0.39 is 0 Å². The van der Waals surface area contributed by atoms with Crippen LogP contribution in [-0.4, -0.2) is 6.71 Å². The Morgan fingerprint density at radius 2 is 0.725 bits per heavy atom. The third-order valence-electron chi connectivity index (χ3n) is 14.5. The molecule has 0 aliphatic carbocycles. The monoisotopic (exact) mass is 892 g/mol. The van der Waals surface area contributed by atoms with Gasteiger partial charge in [0.1, 0.15) is 0 Å². The number of nitrogens with zero attached hydrogens (tertiary/aromatic N) is 2. The van der Waals surface area contributed by atoms with Gasteiger partial charge in [-0.25, -0.2) is 0 Å². The van der Waals surface area contributed by atoms with Crippen molar-refractivity contribution < 1.29 is 0 Å². The molecule has 0 bridgehead atoms. The van der Waals surface area contributed by atoms with Crippen LogP contribution >= 0.6 is 0 Å². The SMILES string of the molecule is CC(C)(C)c1cc2c3c(c1)N(c1ccccc1-c1ccccc1)c1ccc(-c4ccccc4C(C)(C)C)cc1B3c1cc(-c3ccccc3C(C)(C)C)ccc1N2c1ccc(-c2ccccc2)cc1. The van der Waals surface area contributed by atoms with Crippen LogP contribution in [0, 0.1) is 0 Å². The Balaban J connectivity index is 1.26. The van der Waals surface area contributed by atoms with Crippen LogP contribution in [0.4, 0.5) is 34.1 Å². The van der Waals surface area contributed by atoms with Gasteiger partial charge in [-0.3, -0.25) is 0 Å². The number of hydrogen-bond donors (Lipinski definition) is 0. The fraction of sp³-hybridized carbons (Fsp3) is 0.182. The molecule has 69 heavy (non-hydrogen) atoms. The molecule has 2 nitrogen and oxygen atoms in total. The van der Waals surface area contributed by atoms with Crippen LogP contribution in [0.2, 0.25) is 0 Å². The molecular weight excluding hydrogens is 832 g/mol. The van der Waals surface area contributed by atoms with E-state index in [-0.39, 0.29) is 23.0 Å². The summed E-state index contributed by atoms with van der Waals surface area (Å²) in [5, 5.41) is 0. The first-order valence-corrected chi connectivity index (χ1v) is 24.7. The summed E-state index contributed by atoms with van der Waals surface area (Å²) in [6.07, 6.45) is 0. The molecule has 2 heterocycles. The van der Waals surface area contributed by atoms with Crippen molar-refractivity contribution in [3.05, 3.63) is 223 Å². The molecule has 0 unspecified atom stereocenters. The maximum atomic E-state index is 2.60. The van der Waals surface area contributed by atoms with E-state index in [0.29, 0.717) is 0 Å². The molecule has 338 valence electrons. The van der Waals surface area contributed by atoms with E-state index in [0.717, 1.165) is 11.4 Å². The second-order valence-electron chi connectivity index (χ2n) is 22.2. The lowest BCUT2D eigenvalue weighted by molar-refractivity contribution is 0.590. The summed E-state index contributed by atoms with van der Waals surface area (Å²) in [5.74, 6) is 0. The van der Waals surface area contributed by atoms with Gasteiger partial charge in [0.05, 0.1) is 5.69 Å². The lowest BCUT2D eigenvalue weighted by Gasteiger charge is -2.45. The van der Waals surface area contributed by atoms with E-state index in [1.807, 2.05) is 0 Å². The number of rotatable bonds is 6. The van der Waals surface area contributed by atoms with Crippen LogP contribution in [0.5, 0.6) is 0 Å². The zero-order valence-corrected chi connectivity index (χ0v) is 41.6. The van der Waals surface area contributed by atoms with Crippen molar-refractivity contribution in [1.82, 2.24) is 0 Å². The molecule has 0 amide bonds. The van der Waals surface area contributed by atoms with E-state index in [1.54, 1.807) is 0 Å². The van der Waals surface area contributed by atoms with Crippen molar-refractivity contribution in [3.8, 4) is 44.5 Å². The summed E-state index contributed by atoms with van der Waals surface area (Å²) in [7, 11) is 0. The standard InChI is InChI=1S/C66H61BN2/c1-64(2,3)49-42-61-63-62(43-49)69(58-31-21-18-28-53(58)46-24-14-11-15-25-46)60-39-35-48(52-27-17-20-30-55(52)66(7,8)9)41-57(60)67(63)56-40-47(51-26-16-19-29-54(51)65(4,5)6)34-38-59(56)68(61)50-36-32-45(33-37-50)44-22-12-10-13-23-44/h10-43H,1-9H3. The van der Waals surface area contributed by atoms with E-state index in [2.05, 4.69) is 278 Å². The average Bonchev–Trinajstić information content (AvgIpc) is 3.35. The Labute approximate surface area is 411 Å². The molecule has 3 heteroatoms. The highest BCUT2D eigenvalue weighted by Crippen LogP contribution is 2.49. The zero-order chi connectivity index (χ0) is 47.8. The number of hydrogen-bond acceptors (Lipinski definition) is 2. The third kappa shape index (κ3) is 7.79. The van der Waals surface area contributed by atoms with Crippen LogP contribution in [0.3, 0.4) is 0 Å². The van der Waals surface area contributed by atoms with Crippen LogP contribution in [0.15, 0.2) is 206 Å². The Hall–Kier alpha value is -7.36. The van der Waals surface area contributed by atoms with Crippen LogP contribution in [0.1, 0.15) is 79.0 Å². The molecule has 0 aromatic heterocycles. The second kappa shape index (κ2) is 16.7. The van der Waals surface area contributed by atoms with Crippen LogP contribution in [0.25, 0.3) is 44.5 Å². The van der Waals surface area contributed by atoms with Gasteiger partial charge in [-0.1, -0.05) is 226 Å². The van der Waals surface area contributed by atoms with Crippen LogP contribution in [-0.2, 0) is 16.2 Å². The molecule has 0 saturated carbocycles. The van der Waals surface area contributed by atoms with Crippen LogP contribution < -0.4 is 26.2 Å². The molecule has 9 aromatic rings. The highest BCUT2D eigenvalue weighted by molar-refractivity contribution is 7.00. The minimum atomic E-state index is -0.143. The fourth-order valence-electron chi connectivity index (χ4n) is 11.1. The van der Waals surface area contributed by atoms with Gasteiger partial charge >= 0.3 is 0 Å². The van der Waals surface area contributed by atoms with Gasteiger partial charge in [-0.15, -0.1) is 0 Å². The summed E-state index contributed by atoms with van der Waals surface area (Å²) in [6.45, 7) is 21.0. The van der Waals surface area contributed by atoms with Gasteiger partial charge < -0.3 is 9.80 Å². The van der Waals surface area contributed by atoms with Crippen molar-refractivity contribution in [1.29, 1.82) is 0 Å². The van der Waals surface area contributed by atoms with Gasteiger partial charge in [-0.05, 0) is 131 Å². The molecule has 0 radical (unpaired) electrons. The molecule has 0 saturated heterocycles. The van der Waals surface area contributed by atoms with Gasteiger partial charge in [0.15, 0.2) is 0 Å². The molecule has 0 N–H and O–H groups in total. The topological polar surface area (TPSA) is 6.48 Å². The first-order valence-electron chi connectivity index (χ1n) is 24.7. The number of para-hydroxylation sites is 1. The highest BCUT2D eigenvalue weighted by atomic mass is 15.2. The predicted octanol–water partition coefficient (Wildman–Crippen LogP) is 16.3. The smallest absolute Gasteiger partial charge is 0.252 e. The summed E-state index contributed by atoms with van der Waals surface area (Å²) in [4.78, 5) is 5.17. The van der Waals surface area contributed by atoms with E-state index in [1.165, 1.54) is 100 Å². The molecule has 0 atom stereocenters. The Kier molecular flexibility index (Phi) is 10.7. The molecule has 2 aliphatic heterocycles. The van der Waals surface area contributed by atoms with Gasteiger partial charge in [0.25, 0.3) is 6.71 Å². The maximum Gasteiger partial charge on any atom is 0.252 e. The second-order valence-corrected chi connectivity index (χ2v) is 22.2. The number of anilines is 6. The third-order valence-corrected chi connectivity index (χ3v) is 14.5. The Morgan fingerprint density at radius 3 is 1.25 bits per heavy atom. The summed E-state index contributed by atoms with van der Waals surface area (Å²) in [5.41, 5.74) is 24.7. The number of fused-ring (bicyclic) bond motifs is 4. The van der Waals surface area contributed by atoms with Crippen molar-refractivity contribution in [2.24, 2.45) is 0 Å². The molecular formula is C66H61BN2. The molecule has 2 aliphatic rings. The number of benzene rings is 9. The molecule has 9 aromatic carbocycles. The van der Waals surface area contributed by atoms with Crippen molar-refractivity contribution in [2.45, 2.75) is 78.6 Å². The molecule has 0 fully saturated rings.